The van der Waals surface area contributed by atoms with E-state index in [-0.39, 0.29) is 6.10 Å². The van der Waals surface area contributed by atoms with E-state index in [1.54, 1.807) is 32.4 Å². The first kappa shape index (κ1) is 13.7. The van der Waals surface area contributed by atoms with Gasteiger partial charge in [-0.25, -0.2) is 0 Å². The molecule has 0 heterocycles. The van der Waals surface area contributed by atoms with Gasteiger partial charge < -0.3 is 19.9 Å². The van der Waals surface area contributed by atoms with Gasteiger partial charge in [0.25, 0.3) is 0 Å². The van der Waals surface area contributed by atoms with Gasteiger partial charge in [-0.15, -0.1) is 0 Å². The number of ether oxygens (including phenoxy) is 3. The van der Waals surface area contributed by atoms with Crippen LogP contribution in [0.25, 0.3) is 0 Å². The third kappa shape index (κ3) is 4.20. The fraction of sp³-hybridized carbons (Fsp3) is 0.417. The molecule has 0 saturated carbocycles. The lowest BCUT2D eigenvalue weighted by molar-refractivity contribution is 0.0919. The Morgan fingerprint density at radius 1 is 1.29 bits per heavy atom. The zero-order chi connectivity index (χ0) is 12.8. The summed E-state index contributed by atoms with van der Waals surface area (Å²) in [4.78, 5) is 0.313. The Bertz CT molecular complexity index is 395. The maximum Gasteiger partial charge on any atom is 0.124 e. The molecule has 1 atom stereocenters. The van der Waals surface area contributed by atoms with Gasteiger partial charge in [0.05, 0.1) is 13.7 Å². The summed E-state index contributed by atoms with van der Waals surface area (Å²) < 4.78 is 15.8. The van der Waals surface area contributed by atoms with E-state index in [4.69, 9.17) is 32.2 Å². The van der Waals surface area contributed by atoms with Crippen LogP contribution < -0.4 is 15.2 Å². The maximum absolute atomic E-state index is 5.67. The van der Waals surface area contributed by atoms with E-state index in [0.29, 0.717) is 23.1 Å². The molecule has 17 heavy (non-hydrogen) atoms. The van der Waals surface area contributed by atoms with Crippen molar-refractivity contribution < 1.29 is 14.2 Å². The van der Waals surface area contributed by atoms with E-state index >= 15 is 0 Å². The van der Waals surface area contributed by atoms with Crippen molar-refractivity contribution in [3.05, 3.63) is 23.8 Å². The molecule has 0 saturated heterocycles. The highest BCUT2D eigenvalue weighted by atomic mass is 32.1. The Kier molecular flexibility index (Phi) is 5.18. The number of methoxy groups -OCH3 is 2. The number of hydrogen-bond donors (Lipinski definition) is 1. The van der Waals surface area contributed by atoms with Crippen LogP contribution in [0.1, 0.15) is 12.5 Å². The molecule has 5 heteroatoms. The monoisotopic (exact) mass is 255 g/mol. The van der Waals surface area contributed by atoms with Crippen molar-refractivity contribution in [2.24, 2.45) is 5.73 Å². The fourth-order valence-corrected chi connectivity index (χ4v) is 1.52. The van der Waals surface area contributed by atoms with Crippen LogP contribution >= 0.6 is 12.2 Å². The smallest absolute Gasteiger partial charge is 0.124 e. The quantitative estimate of drug-likeness (QED) is 0.785. The van der Waals surface area contributed by atoms with Gasteiger partial charge in [-0.2, -0.15) is 0 Å². The van der Waals surface area contributed by atoms with Gasteiger partial charge in [-0.3, -0.25) is 0 Å². The van der Waals surface area contributed by atoms with Crippen molar-refractivity contribution in [2.45, 2.75) is 13.0 Å². The van der Waals surface area contributed by atoms with Crippen molar-refractivity contribution in [1.29, 1.82) is 0 Å². The molecule has 0 fully saturated rings. The van der Waals surface area contributed by atoms with Crippen LogP contribution in [0, 0.1) is 0 Å². The summed E-state index contributed by atoms with van der Waals surface area (Å²) in [5, 5.41) is 0. The minimum absolute atomic E-state index is 0.0497. The Morgan fingerprint density at radius 3 is 2.47 bits per heavy atom. The molecule has 0 aliphatic carbocycles. The molecule has 0 aliphatic rings. The van der Waals surface area contributed by atoms with Gasteiger partial charge in [-0.05, 0) is 19.1 Å². The van der Waals surface area contributed by atoms with Crippen molar-refractivity contribution in [3.63, 3.8) is 0 Å². The largest absolute Gasteiger partial charge is 0.497 e. The third-order valence-corrected chi connectivity index (χ3v) is 2.37. The minimum atomic E-state index is -0.0497. The van der Waals surface area contributed by atoms with Gasteiger partial charge in [-0.1, -0.05) is 12.2 Å². The van der Waals surface area contributed by atoms with E-state index in [1.165, 1.54) is 0 Å². The topological polar surface area (TPSA) is 53.7 Å². The normalized spacial score (nSPS) is 11.9. The predicted molar refractivity (Wildman–Crippen MR) is 70.8 cm³/mol. The molecule has 1 rings (SSSR count). The van der Waals surface area contributed by atoms with Crippen molar-refractivity contribution in [2.75, 3.05) is 20.8 Å². The van der Waals surface area contributed by atoms with E-state index < -0.39 is 0 Å². The molecule has 1 aromatic carbocycles. The molecule has 1 unspecified atom stereocenters. The third-order valence-electron chi connectivity index (χ3n) is 2.14. The standard InChI is InChI=1S/C12H17NO3S/c1-8(7-14-2)16-11-5-9(12(13)17)4-10(6-11)15-3/h4-6,8H,7H2,1-3H3,(H2,13,17). The zero-order valence-electron chi connectivity index (χ0n) is 10.2. The van der Waals surface area contributed by atoms with Gasteiger partial charge in [0.1, 0.15) is 22.6 Å². The SMILES string of the molecule is COCC(C)Oc1cc(OC)cc(C(N)=S)c1. The fourth-order valence-electron chi connectivity index (χ4n) is 1.40. The summed E-state index contributed by atoms with van der Waals surface area (Å²) >= 11 is 4.94. The number of thiocarbonyl (C=S) groups is 1. The van der Waals surface area contributed by atoms with Crippen molar-refractivity contribution in [3.8, 4) is 11.5 Å². The molecule has 4 nitrogen and oxygen atoms in total. The molecule has 2 N–H and O–H groups in total. The molecular formula is C12H17NO3S. The van der Waals surface area contributed by atoms with Crippen LogP contribution in [0.5, 0.6) is 11.5 Å². The summed E-state index contributed by atoms with van der Waals surface area (Å²) in [6.45, 7) is 2.43. The Labute approximate surface area is 107 Å². The molecule has 0 aliphatic heterocycles. The lowest BCUT2D eigenvalue weighted by atomic mass is 10.2. The van der Waals surface area contributed by atoms with Gasteiger partial charge in [0.2, 0.25) is 0 Å². The number of hydrogen-bond acceptors (Lipinski definition) is 4. The lowest BCUT2D eigenvalue weighted by Crippen LogP contribution is -2.18. The number of benzene rings is 1. The lowest BCUT2D eigenvalue weighted by Gasteiger charge is -2.15. The second-order valence-electron chi connectivity index (χ2n) is 3.65. The van der Waals surface area contributed by atoms with Crippen molar-refractivity contribution in [1.82, 2.24) is 0 Å². The van der Waals surface area contributed by atoms with E-state index in [9.17, 15) is 0 Å². The molecule has 0 amide bonds. The van der Waals surface area contributed by atoms with Crippen LogP contribution in [-0.4, -0.2) is 31.9 Å². The first-order chi connectivity index (χ1) is 8.06. The first-order valence-corrected chi connectivity index (χ1v) is 5.62. The Hall–Kier alpha value is -1.33. The summed E-state index contributed by atoms with van der Waals surface area (Å²) in [6.07, 6.45) is -0.0497. The highest BCUT2D eigenvalue weighted by Gasteiger charge is 2.08. The molecule has 94 valence electrons. The van der Waals surface area contributed by atoms with Gasteiger partial charge in [0.15, 0.2) is 0 Å². The molecule has 0 aromatic heterocycles. The highest BCUT2D eigenvalue weighted by Crippen LogP contribution is 2.23. The van der Waals surface area contributed by atoms with Crippen LogP contribution in [-0.2, 0) is 4.74 Å². The Morgan fingerprint density at radius 2 is 1.94 bits per heavy atom. The second-order valence-corrected chi connectivity index (χ2v) is 4.09. The molecular weight excluding hydrogens is 238 g/mol. The van der Waals surface area contributed by atoms with Crippen LogP contribution in [0.2, 0.25) is 0 Å². The molecule has 0 spiro atoms. The summed E-state index contributed by atoms with van der Waals surface area (Å²) in [5.41, 5.74) is 6.31. The van der Waals surface area contributed by atoms with Crippen LogP contribution in [0.3, 0.4) is 0 Å². The second kappa shape index (κ2) is 6.42. The van der Waals surface area contributed by atoms with Gasteiger partial charge in [0, 0.05) is 18.7 Å². The predicted octanol–water partition coefficient (Wildman–Crippen LogP) is 1.74. The molecule has 0 bridgehead atoms. The van der Waals surface area contributed by atoms with Crippen LogP contribution in [0.15, 0.2) is 18.2 Å². The maximum atomic E-state index is 5.67. The summed E-state index contributed by atoms with van der Waals surface area (Å²) in [7, 11) is 3.22. The zero-order valence-corrected chi connectivity index (χ0v) is 11.0. The van der Waals surface area contributed by atoms with E-state index in [1.807, 2.05) is 6.92 Å². The minimum Gasteiger partial charge on any atom is -0.497 e. The number of rotatable bonds is 6. The summed E-state index contributed by atoms with van der Waals surface area (Å²) in [6, 6.07) is 5.35. The van der Waals surface area contributed by atoms with Gasteiger partial charge >= 0.3 is 0 Å². The average molecular weight is 255 g/mol. The average Bonchev–Trinajstić information content (AvgIpc) is 2.28. The van der Waals surface area contributed by atoms with Crippen LogP contribution in [0.4, 0.5) is 0 Å². The highest BCUT2D eigenvalue weighted by molar-refractivity contribution is 7.80. The van der Waals surface area contributed by atoms with E-state index in [0.717, 1.165) is 5.56 Å². The summed E-state index contributed by atoms with van der Waals surface area (Å²) in [5.74, 6) is 1.33. The first-order valence-electron chi connectivity index (χ1n) is 5.21. The van der Waals surface area contributed by atoms with Crippen molar-refractivity contribution >= 4 is 17.2 Å². The Balaban J connectivity index is 2.90. The molecule has 0 radical (unpaired) electrons. The number of nitrogens with two attached hydrogens (primary N) is 1. The van der Waals surface area contributed by atoms with E-state index in [2.05, 4.69) is 0 Å². The molecule has 1 aromatic rings.